The molecule has 20 heavy (non-hydrogen) atoms. The van der Waals surface area contributed by atoms with Gasteiger partial charge in [0.1, 0.15) is 18.0 Å². The molecule has 3 nitrogen and oxygen atoms in total. The lowest BCUT2D eigenvalue weighted by Crippen LogP contribution is -2.07. The van der Waals surface area contributed by atoms with Crippen LogP contribution in [0.15, 0.2) is 54.9 Å². The first kappa shape index (κ1) is 12.5. The van der Waals surface area contributed by atoms with Crippen molar-refractivity contribution in [2.75, 3.05) is 11.9 Å². The summed E-state index contributed by atoms with van der Waals surface area (Å²) in [6.07, 6.45) is 2.29. The number of hydrogen-bond donors (Lipinski definition) is 1. The molecule has 0 saturated carbocycles. The normalized spacial score (nSPS) is 10.7. The number of nitrogens with one attached hydrogen (secondary N) is 1. The summed E-state index contributed by atoms with van der Waals surface area (Å²) >= 11 is 0. The Kier molecular flexibility index (Phi) is 3.54. The monoisotopic (exact) mass is 267 g/mol. The van der Waals surface area contributed by atoms with Gasteiger partial charge in [-0.25, -0.2) is 14.4 Å². The number of hydrogen-bond acceptors (Lipinski definition) is 3. The number of para-hydroxylation sites is 1. The zero-order valence-electron chi connectivity index (χ0n) is 10.9. The van der Waals surface area contributed by atoms with Crippen LogP contribution in [0.4, 0.5) is 10.2 Å². The SMILES string of the molecule is Fc1cccc(CCNc2ncnc3ccccc23)c1. The lowest BCUT2D eigenvalue weighted by molar-refractivity contribution is 0.625. The zero-order chi connectivity index (χ0) is 13.8. The second-order valence-electron chi connectivity index (χ2n) is 4.55. The Morgan fingerprint density at radius 3 is 2.80 bits per heavy atom. The number of rotatable bonds is 4. The molecule has 0 atom stereocenters. The van der Waals surface area contributed by atoms with E-state index in [1.54, 1.807) is 18.5 Å². The van der Waals surface area contributed by atoms with E-state index in [1.807, 2.05) is 30.3 Å². The average Bonchev–Trinajstić information content (AvgIpc) is 2.48. The molecule has 0 spiro atoms. The highest BCUT2D eigenvalue weighted by molar-refractivity contribution is 5.88. The van der Waals surface area contributed by atoms with E-state index in [-0.39, 0.29) is 5.82 Å². The zero-order valence-corrected chi connectivity index (χ0v) is 10.9. The van der Waals surface area contributed by atoms with Gasteiger partial charge in [-0.15, -0.1) is 0 Å². The fraction of sp³-hybridized carbons (Fsp3) is 0.125. The van der Waals surface area contributed by atoms with Crippen LogP contribution in [0, 0.1) is 5.82 Å². The van der Waals surface area contributed by atoms with Gasteiger partial charge >= 0.3 is 0 Å². The minimum atomic E-state index is -0.199. The summed E-state index contributed by atoms with van der Waals surface area (Å²) in [7, 11) is 0. The largest absolute Gasteiger partial charge is 0.369 e. The predicted octanol–water partition coefficient (Wildman–Crippen LogP) is 3.42. The highest BCUT2D eigenvalue weighted by Gasteiger charge is 2.02. The van der Waals surface area contributed by atoms with Gasteiger partial charge in [0, 0.05) is 11.9 Å². The standard InChI is InChI=1S/C16H14FN3/c17-13-5-3-4-12(10-13)8-9-18-16-14-6-1-2-7-15(14)19-11-20-16/h1-7,10-11H,8-9H2,(H,18,19,20). The lowest BCUT2D eigenvalue weighted by atomic mass is 10.1. The van der Waals surface area contributed by atoms with Gasteiger partial charge < -0.3 is 5.32 Å². The highest BCUT2D eigenvalue weighted by atomic mass is 19.1. The fourth-order valence-electron chi connectivity index (χ4n) is 2.16. The van der Waals surface area contributed by atoms with Gasteiger partial charge in [-0.1, -0.05) is 24.3 Å². The maximum atomic E-state index is 13.1. The Labute approximate surface area is 116 Å². The molecule has 2 aromatic carbocycles. The number of halogens is 1. The molecule has 0 radical (unpaired) electrons. The molecule has 1 aromatic heterocycles. The minimum Gasteiger partial charge on any atom is -0.369 e. The molecular formula is C16H14FN3. The summed E-state index contributed by atoms with van der Waals surface area (Å²) in [6.45, 7) is 0.699. The summed E-state index contributed by atoms with van der Waals surface area (Å²) in [5, 5.41) is 4.28. The van der Waals surface area contributed by atoms with Crippen molar-refractivity contribution in [3.8, 4) is 0 Å². The molecule has 100 valence electrons. The van der Waals surface area contributed by atoms with E-state index in [9.17, 15) is 4.39 Å². The molecule has 4 heteroatoms. The molecule has 0 bridgehead atoms. The predicted molar refractivity (Wildman–Crippen MR) is 78.1 cm³/mol. The molecule has 0 aliphatic carbocycles. The number of nitrogens with zero attached hydrogens (tertiary/aromatic N) is 2. The molecule has 0 unspecified atom stereocenters. The van der Waals surface area contributed by atoms with E-state index in [0.29, 0.717) is 6.54 Å². The van der Waals surface area contributed by atoms with Gasteiger partial charge in [-0.05, 0) is 36.2 Å². The van der Waals surface area contributed by atoms with Gasteiger partial charge in [0.05, 0.1) is 5.52 Å². The summed E-state index contributed by atoms with van der Waals surface area (Å²) in [5.41, 5.74) is 1.88. The maximum Gasteiger partial charge on any atom is 0.137 e. The van der Waals surface area contributed by atoms with E-state index in [1.165, 1.54) is 6.07 Å². The van der Waals surface area contributed by atoms with E-state index in [4.69, 9.17) is 0 Å². The van der Waals surface area contributed by atoms with Crippen LogP contribution in [0.25, 0.3) is 10.9 Å². The quantitative estimate of drug-likeness (QED) is 0.787. The van der Waals surface area contributed by atoms with Crippen molar-refractivity contribution in [1.29, 1.82) is 0 Å². The first-order valence-electron chi connectivity index (χ1n) is 6.51. The van der Waals surface area contributed by atoms with E-state index in [2.05, 4.69) is 15.3 Å². The Hall–Kier alpha value is -2.49. The molecule has 0 aliphatic rings. The van der Waals surface area contributed by atoms with E-state index in [0.717, 1.165) is 28.7 Å². The van der Waals surface area contributed by atoms with Crippen molar-refractivity contribution in [3.63, 3.8) is 0 Å². The molecule has 0 saturated heterocycles. The fourth-order valence-corrected chi connectivity index (χ4v) is 2.16. The van der Waals surface area contributed by atoms with Gasteiger partial charge in [0.25, 0.3) is 0 Å². The van der Waals surface area contributed by atoms with E-state index < -0.39 is 0 Å². The summed E-state index contributed by atoms with van der Waals surface area (Å²) in [4.78, 5) is 8.48. The third-order valence-electron chi connectivity index (χ3n) is 3.14. The molecule has 0 aliphatic heterocycles. The molecule has 0 fully saturated rings. The van der Waals surface area contributed by atoms with Crippen LogP contribution in [0.3, 0.4) is 0 Å². The average molecular weight is 267 g/mol. The topological polar surface area (TPSA) is 37.8 Å². The van der Waals surface area contributed by atoms with Crippen molar-refractivity contribution < 1.29 is 4.39 Å². The number of benzene rings is 2. The maximum absolute atomic E-state index is 13.1. The number of anilines is 1. The van der Waals surface area contributed by atoms with Crippen LogP contribution >= 0.6 is 0 Å². The van der Waals surface area contributed by atoms with Crippen LogP contribution in [-0.4, -0.2) is 16.5 Å². The molecule has 1 N–H and O–H groups in total. The Morgan fingerprint density at radius 2 is 1.90 bits per heavy atom. The molecule has 3 aromatic rings. The van der Waals surface area contributed by atoms with E-state index >= 15 is 0 Å². The van der Waals surface area contributed by atoms with Crippen LogP contribution in [-0.2, 0) is 6.42 Å². The van der Waals surface area contributed by atoms with Crippen LogP contribution < -0.4 is 5.32 Å². The first-order chi connectivity index (χ1) is 9.83. The minimum absolute atomic E-state index is 0.199. The smallest absolute Gasteiger partial charge is 0.137 e. The van der Waals surface area contributed by atoms with Gasteiger partial charge in [-0.3, -0.25) is 0 Å². The van der Waals surface area contributed by atoms with Crippen LogP contribution in [0.5, 0.6) is 0 Å². The Balaban J connectivity index is 1.71. The second-order valence-corrected chi connectivity index (χ2v) is 4.55. The summed E-state index contributed by atoms with van der Waals surface area (Å²) in [6, 6.07) is 14.5. The molecule has 1 heterocycles. The Morgan fingerprint density at radius 1 is 1.00 bits per heavy atom. The summed E-state index contributed by atoms with van der Waals surface area (Å²) < 4.78 is 13.1. The highest BCUT2D eigenvalue weighted by Crippen LogP contribution is 2.18. The van der Waals surface area contributed by atoms with Gasteiger partial charge in [-0.2, -0.15) is 0 Å². The second kappa shape index (κ2) is 5.65. The van der Waals surface area contributed by atoms with Crippen molar-refractivity contribution in [1.82, 2.24) is 9.97 Å². The van der Waals surface area contributed by atoms with Gasteiger partial charge in [0.2, 0.25) is 0 Å². The lowest BCUT2D eigenvalue weighted by Gasteiger charge is -2.08. The third-order valence-corrected chi connectivity index (χ3v) is 3.14. The van der Waals surface area contributed by atoms with Crippen molar-refractivity contribution in [2.24, 2.45) is 0 Å². The third kappa shape index (κ3) is 2.74. The van der Waals surface area contributed by atoms with Crippen LogP contribution in [0.1, 0.15) is 5.56 Å². The van der Waals surface area contributed by atoms with Crippen molar-refractivity contribution >= 4 is 16.7 Å². The van der Waals surface area contributed by atoms with Crippen LogP contribution in [0.2, 0.25) is 0 Å². The molecule has 0 amide bonds. The van der Waals surface area contributed by atoms with Crippen molar-refractivity contribution in [2.45, 2.75) is 6.42 Å². The number of aromatic nitrogens is 2. The number of fused-ring (bicyclic) bond motifs is 1. The Bertz CT molecular complexity index is 722. The summed E-state index contributed by atoms with van der Waals surface area (Å²) in [5.74, 6) is 0.613. The molecule has 3 rings (SSSR count). The van der Waals surface area contributed by atoms with Crippen molar-refractivity contribution in [3.05, 3.63) is 66.2 Å². The molecular weight excluding hydrogens is 253 g/mol. The first-order valence-corrected chi connectivity index (χ1v) is 6.51. The van der Waals surface area contributed by atoms with Gasteiger partial charge in [0.15, 0.2) is 0 Å².